The van der Waals surface area contributed by atoms with Gasteiger partial charge in [-0.25, -0.2) is 0 Å². The molecule has 0 saturated carbocycles. The molecule has 46 nitrogen and oxygen atoms in total. The highest BCUT2D eigenvalue weighted by atomic mass is 16.3. The molecule has 3 saturated heterocycles. The van der Waals surface area contributed by atoms with E-state index < -0.39 is 197 Å². The van der Waals surface area contributed by atoms with Gasteiger partial charge in [-0.2, -0.15) is 0 Å². The predicted octanol–water partition coefficient (Wildman–Crippen LogP) is -1.84. The smallest absolute Gasteiger partial charge is 0.246 e. The number of rotatable bonds is 35. The Morgan fingerprint density at radius 1 is 0.350 bits per heavy atom. The van der Waals surface area contributed by atoms with Crippen LogP contribution in [0.5, 0.6) is 11.5 Å². The lowest BCUT2D eigenvalue weighted by atomic mass is 9.98. The number of aromatic hydroxyl groups is 2. The number of hydrogen-bond acceptors (Lipinski definition) is 22. The molecule has 3 fully saturated rings. The third-order valence-corrected chi connectivity index (χ3v) is 25.3. The monoisotopic (exact) mass is 1990 g/mol. The van der Waals surface area contributed by atoms with Gasteiger partial charge in [-0.3, -0.25) is 88.8 Å². The minimum Gasteiger partial charge on any atom is -0.508 e. The van der Waals surface area contributed by atoms with Crippen LogP contribution in [0.1, 0.15) is 172 Å². The molecular weight excluding hydrogens is 1840 g/mol. The predicted molar refractivity (Wildman–Crippen MR) is 537 cm³/mol. The maximum atomic E-state index is 15.6. The van der Waals surface area contributed by atoms with Gasteiger partial charge in [0.15, 0.2) is 23.8 Å². The summed E-state index contributed by atoms with van der Waals surface area (Å²) in [6, 6.07) is 4.60. The van der Waals surface area contributed by atoms with Crippen molar-refractivity contribution in [2.24, 2.45) is 46.2 Å². The van der Waals surface area contributed by atoms with E-state index in [9.17, 15) is 10.2 Å². The molecular formula is C97H144N30O16. The Labute approximate surface area is 829 Å². The van der Waals surface area contributed by atoms with Crippen molar-refractivity contribution < 1.29 is 77.3 Å². The van der Waals surface area contributed by atoms with Gasteiger partial charge in [0.1, 0.15) is 96.1 Å². The molecule has 3 aliphatic rings. The summed E-state index contributed by atoms with van der Waals surface area (Å²) < 4.78 is 0. The molecule has 9 rings (SSSR count). The average Bonchev–Trinajstić information content (AvgIpc) is 1.65. The number of phenolic OH excluding ortho intramolecular Hbond substituents is 2. The number of unbranched alkanes of at least 4 members (excludes halogenated alkanes) is 2. The maximum Gasteiger partial charge on any atom is 0.246 e. The van der Waals surface area contributed by atoms with E-state index in [1.807, 2.05) is 0 Å². The van der Waals surface area contributed by atoms with Gasteiger partial charge < -0.3 is 149 Å². The van der Waals surface area contributed by atoms with Crippen LogP contribution in [-0.2, 0) is 92.8 Å². The van der Waals surface area contributed by atoms with E-state index in [1.54, 1.807) is 88.6 Å². The van der Waals surface area contributed by atoms with Gasteiger partial charge in [-0.15, -0.1) is 0 Å². The van der Waals surface area contributed by atoms with E-state index in [2.05, 4.69) is 95.0 Å². The average molecular weight is 1990 g/mol. The van der Waals surface area contributed by atoms with Gasteiger partial charge in [-0.1, -0.05) is 88.4 Å². The first-order valence-electron chi connectivity index (χ1n) is 49.0. The van der Waals surface area contributed by atoms with E-state index in [0.717, 1.165) is 0 Å². The van der Waals surface area contributed by atoms with Gasteiger partial charge in [0.25, 0.3) is 0 Å². The van der Waals surface area contributed by atoms with Gasteiger partial charge in [0, 0.05) is 99.2 Å². The molecule has 5 heterocycles. The lowest BCUT2D eigenvalue weighted by Gasteiger charge is -2.34. The number of hydrogen-bond donors (Lipinski definition) is 30. The van der Waals surface area contributed by atoms with Crippen LogP contribution in [-0.4, -0.2) is 273 Å². The number of amides is 14. The molecule has 2 aromatic heterocycles. The Morgan fingerprint density at radius 2 is 0.650 bits per heavy atom. The Morgan fingerprint density at radius 3 is 1.02 bits per heavy atom. The normalized spacial score (nSPS) is 23.0. The summed E-state index contributed by atoms with van der Waals surface area (Å²) in [5.41, 5.74) is 38.0. The highest BCUT2D eigenvalue weighted by molar-refractivity contribution is 6.02. The number of carbonyl (C=O) groups is 14. The lowest BCUT2D eigenvalue weighted by Crippen LogP contribution is -2.62. The number of nitrogens with zero attached hydrogens (tertiary/aromatic N) is 2. The van der Waals surface area contributed by atoms with Crippen LogP contribution < -0.4 is 119 Å². The van der Waals surface area contributed by atoms with Crippen molar-refractivity contribution in [1.82, 2.24) is 105 Å². The highest BCUT2D eigenvalue weighted by Gasteiger charge is 2.46. The fraction of sp³-hybridized carbons (Fsp3) is 0.526. The molecule has 4 aromatic carbocycles. The van der Waals surface area contributed by atoms with Crippen LogP contribution in [0.4, 0.5) is 0 Å². The number of nitrogens with one attached hydrogen (secondary N) is 22. The Bertz CT molecular complexity index is 5380. The molecule has 143 heavy (non-hydrogen) atoms. The van der Waals surface area contributed by atoms with Crippen molar-refractivity contribution in [1.29, 1.82) is 21.6 Å². The quantitative estimate of drug-likeness (QED) is 0.0118. The van der Waals surface area contributed by atoms with E-state index in [1.165, 1.54) is 58.3 Å². The number of benzene rings is 4. The second-order valence-corrected chi connectivity index (χ2v) is 37.3. The van der Waals surface area contributed by atoms with Crippen LogP contribution in [0.2, 0.25) is 0 Å². The summed E-state index contributed by atoms with van der Waals surface area (Å²) in [7, 11) is 0. The van der Waals surface area contributed by atoms with Gasteiger partial charge in [0.2, 0.25) is 82.7 Å². The second-order valence-electron chi connectivity index (χ2n) is 37.3. The number of carbonyl (C=O) groups excluding carboxylic acids is 14. The zero-order valence-electron chi connectivity index (χ0n) is 81.5. The third-order valence-electron chi connectivity index (χ3n) is 25.3. The first kappa shape index (κ1) is 112. The first-order valence-corrected chi connectivity index (χ1v) is 49.0. The van der Waals surface area contributed by atoms with E-state index in [0.29, 0.717) is 56.9 Å². The highest BCUT2D eigenvalue weighted by Crippen LogP contribution is 2.29. The number of para-hydroxylation sites is 2. The van der Waals surface area contributed by atoms with Crippen LogP contribution in [0.15, 0.2) is 109 Å². The Hall–Kier alpha value is -14.9. The standard InChI is InChI=1S/C97H144N30O16/c1-54(2)47-72-85(135)117-67(24-10-12-40-99)81(131)114-66(23-9-11-39-98)80(130)115-68(25-13-41-108-94(100)101)82(132)116-69(26-14-42-109-95(102)103)83(133)123-76(51-59-53-113-65-22-8-6-20-63(59)65)89(139)125-79(55(3)4)91(141)124-74(49-57-33-37-61(129)38-34-57)87(137)121-73(48-56-31-35-60(128)36-32-56)86(136)119-71(28-16-44-111-97(106)107)92(142)127-46-18-30-78(127)93(143)126-45-17-29-77(126)90(140)118-70(27-15-43-110-96(104)105)84(134)122-75(88(138)120-72)50-58-52-112-64-21-7-5-19-62(58)64/h5-8,19-22,31-38,52-55,66-79,112-113,128-129H,9-18,23-30,39-51,98-99H2,1-4H3,(H,114,131)(H,115,130)(H,116,132)(H,117,135)(H,118,140)(H,119,136)(H,120,138)(H,121,137)(H,122,134)(H,123,133)(H,124,141)(H,125,139)(H4,100,101,108)(H4,102,103,109)(H4,104,105,110)(H4,106,107,111)/t66-,67-,68-,69-,70-,71-,72-,73-,74-,75-,76-,77-,78+,79-/m0/s1. The van der Waals surface area contributed by atoms with Crippen molar-refractivity contribution in [3.05, 3.63) is 132 Å². The number of aromatic amines is 2. The molecule has 14 atom stereocenters. The van der Waals surface area contributed by atoms with Crippen molar-refractivity contribution in [3.8, 4) is 11.5 Å². The summed E-state index contributed by atoms with van der Waals surface area (Å²) >= 11 is 0. The number of guanidine groups is 4. The van der Waals surface area contributed by atoms with Gasteiger partial charge in [0.05, 0.1) is 0 Å². The largest absolute Gasteiger partial charge is 0.508 e. The maximum absolute atomic E-state index is 15.6. The summed E-state index contributed by atoms with van der Waals surface area (Å²) in [4.78, 5) is 225. The summed E-state index contributed by atoms with van der Waals surface area (Å²) in [6.45, 7) is 7.10. The molecule has 6 aromatic rings. The molecule has 0 radical (unpaired) electrons. The minimum absolute atomic E-state index is 0.0114. The number of H-pyrrole nitrogens is 2. The van der Waals surface area contributed by atoms with Crippen molar-refractivity contribution in [2.75, 3.05) is 52.4 Å². The zero-order valence-corrected chi connectivity index (χ0v) is 81.5. The Balaban J connectivity index is 1.16. The van der Waals surface area contributed by atoms with Crippen LogP contribution in [0.3, 0.4) is 0 Å². The second kappa shape index (κ2) is 56.0. The van der Waals surface area contributed by atoms with Crippen molar-refractivity contribution in [2.45, 2.75) is 260 Å². The van der Waals surface area contributed by atoms with Crippen LogP contribution in [0, 0.1) is 33.5 Å². The molecule has 778 valence electrons. The first-order chi connectivity index (χ1) is 68.4. The number of fused-ring (bicyclic) bond motifs is 4. The van der Waals surface area contributed by atoms with Crippen LogP contribution >= 0.6 is 0 Å². The molecule has 36 N–H and O–H groups in total. The molecule has 14 amide bonds. The Kier molecular flexibility index (Phi) is 43.7. The molecule has 0 spiro atoms. The minimum atomic E-state index is -1.65. The summed E-state index contributed by atoms with van der Waals surface area (Å²) in [6.07, 6.45) is 3.29. The van der Waals surface area contributed by atoms with Gasteiger partial charge >= 0.3 is 0 Å². The van der Waals surface area contributed by atoms with Gasteiger partial charge in [-0.05, 0) is 206 Å². The third kappa shape index (κ3) is 34.8. The number of aromatic nitrogens is 2. The lowest BCUT2D eigenvalue weighted by molar-refractivity contribution is -0.148. The van der Waals surface area contributed by atoms with Crippen LogP contribution in [0.25, 0.3) is 21.8 Å². The van der Waals surface area contributed by atoms with Crippen molar-refractivity contribution >= 4 is 128 Å². The van der Waals surface area contributed by atoms with Crippen molar-refractivity contribution in [3.63, 3.8) is 0 Å². The number of phenols is 2. The molecule has 3 aliphatic heterocycles. The SMILES string of the molecule is CC(C)C[C@@H]1NC(=O)[C@H](Cc2c[nH]c3ccccc23)NC(=O)[C@H](CCCNC(=N)N)NC(=O)[C@@H]2CCCN2C(=O)[C@H]2CCCN2C(=O)[C@H](CCCNC(=N)N)NC(=O)[C@H](Cc2ccc(O)cc2)NC(=O)[C@H](Cc2ccc(O)cc2)NC(=O)[C@H](C(C)C)NC(=O)[C@H](Cc2c[nH]c3ccccc23)NC(=O)[C@H](CCCNC(=N)N)NC(=O)[C@H](CCCNC(=N)N)NC(=O)[C@H](CCCCN)NC(=O)[C@H](CCCCN)NC1=O. The fourth-order valence-electron chi connectivity index (χ4n) is 17.8. The number of nitrogens with two attached hydrogens (primary N) is 6. The fourth-order valence-corrected chi connectivity index (χ4v) is 17.8. The zero-order chi connectivity index (χ0) is 104. The molecule has 0 unspecified atom stereocenters. The van der Waals surface area contributed by atoms with E-state index >= 15 is 67.1 Å². The van der Waals surface area contributed by atoms with E-state index in [-0.39, 0.29) is 205 Å². The molecule has 0 aliphatic carbocycles. The summed E-state index contributed by atoms with van der Waals surface area (Å²) in [5, 5.41) is 98.6. The van der Waals surface area contributed by atoms with E-state index in [4.69, 9.17) is 56.0 Å². The summed E-state index contributed by atoms with van der Waals surface area (Å²) in [5.74, 6) is -15.4. The topological polar surface area (TPSA) is 761 Å². The molecule has 0 bridgehead atoms. The molecule has 46 heteroatoms.